The number of terminal acetylenes is 1. The zero-order valence-electron chi connectivity index (χ0n) is 24.9. The summed E-state index contributed by atoms with van der Waals surface area (Å²) in [4.78, 5) is 43.6. The SMILES string of the molecule is C#CCO[C@H](C)[C@H](NC(=O)[C@H](C)CC)C(=O)N1CC[C@@H]2[C@H]1[C@@H](OCc1ccc(F)cc1)CN2C(=O)OCc1ccccc1. The maximum atomic E-state index is 14.1. The molecule has 0 saturated carbocycles. The summed E-state index contributed by atoms with van der Waals surface area (Å²) in [7, 11) is 0. The van der Waals surface area contributed by atoms with Gasteiger partial charge in [0.1, 0.15) is 25.1 Å². The van der Waals surface area contributed by atoms with E-state index < -0.39 is 30.4 Å². The lowest BCUT2D eigenvalue weighted by molar-refractivity contribution is -0.144. The maximum absolute atomic E-state index is 14.1. The van der Waals surface area contributed by atoms with Crippen molar-refractivity contribution < 1.29 is 33.0 Å². The number of carbonyl (C=O) groups excluding carboxylic acids is 3. The molecule has 2 aromatic carbocycles. The molecule has 230 valence electrons. The van der Waals surface area contributed by atoms with Crippen LogP contribution >= 0.6 is 0 Å². The molecule has 4 rings (SSSR count). The van der Waals surface area contributed by atoms with Crippen molar-refractivity contribution in [2.45, 2.75) is 77.2 Å². The first kappa shape index (κ1) is 32.0. The molecule has 9 nitrogen and oxygen atoms in total. The number of halogens is 1. The third-order valence-electron chi connectivity index (χ3n) is 8.20. The molecule has 0 radical (unpaired) electrons. The summed E-state index contributed by atoms with van der Waals surface area (Å²) in [6.07, 6.45) is 4.78. The van der Waals surface area contributed by atoms with Crippen LogP contribution in [0.1, 0.15) is 44.7 Å². The van der Waals surface area contributed by atoms with Crippen LogP contribution in [0.25, 0.3) is 0 Å². The summed E-state index contributed by atoms with van der Waals surface area (Å²) < 4.78 is 31.1. The number of rotatable bonds is 12. The number of nitrogens with zero attached hydrogens (tertiary/aromatic N) is 2. The Balaban J connectivity index is 1.55. The van der Waals surface area contributed by atoms with Crippen LogP contribution < -0.4 is 5.32 Å². The van der Waals surface area contributed by atoms with Gasteiger partial charge in [0.2, 0.25) is 11.8 Å². The average Bonchev–Trinajstić information content (AvgIpc) is 3.62. The van der Waals surface area contributed by atoms with Crippen molar-refractivity contribution in [1.29, 1.82) is 0 Å². The van der Waals surface area contributed by atoms with Gasteiger partial charge in [-0.05, 0) is 43.0 Å². The van der Waals surface area contributed by atoms with E-state index in [0.717, 1.165) is 11.1 Å². The fourth-order valence-electron chi connectivity index (χ4n) is 5.54. The molecule has 6 atom stereocenters. The van der Waals surface area contributed by atoms with E-state index in [1.54, 1.807) is 35.8 Å². The molecule has 3 amide bonds. The minimum Gasteiger partial charge on any atom is -0.445 e. The quantitative estimate of drug-likeness (QED) is 0.375. The monoisotopic (exact) mass is 593 g/mol. The smallest absolute Gasteiger partial charge is 0.410 e. The van der Waals surface area contributed by atoms with Crippen molar-refractivity contribution in [2.24, 2.45) is 5.92 Å². The third-order valence-corrected chi connectivity index (χ3v) is 8.20. The largest absolute Gasteiger partial charge is 0.445 e. The fraction of sp³-hybridized carbons (Fsp3) is 0.485. The van der Waals surface area contributed by atoms with Gasteiger partial charge < -0.3 is 29.3 Å². The molecule has 2 saturated heterocycles. The lowest BCUT2D eigenvalue weighted by Gasteiger charge is -2.34. The molecule has 0 aromatic heterocycles. The lowest BCUT2D eigenvalue weighted by Crippen LogP contribution is -2.58. The maximum Gasteiger partial charge on any atom is 0.410 e. The van der Waals surface area contributed by atoms with Crippen molar-refractivity contribution >= 4 is 17.9 Å². The molecule has 0 spiro atoms. The van der Waals surface area contributed by atoms with E-state index in [2.05, 4.69) is 11.2 Å². The van der Waals surface area contributed by atoms with E-state index in [9.17, 15) is 18.8 Å². The van der Waals surface area contributed by atoms with E-state index >= 15 is 0 Å². The van der Waals surface area contributed by atoms with E-state index in [0.29, 0.717) is 19.4 Å². The molecule has 0 aliphatic carbocycles. The van der Waals surface area contributed by atoms with E-state index in [1.165, 1.54) is 12.1 Å². The molecule has 1 N–H and O–H groups in total. The van der Waals surface area contributed by atoms with Gasteiger partial charge in [-0.2, -0.15) is 0 Å². The van der Waals surface area contributed by atoms with Crippen LogP contribution in [0.5, 0.6) is 0 Å². The average molecular weight is 594 g/mol. The molecule has 43 heavy (non-hydrogen) atoms. The van der Waals surface area contributed by atoms with Crippen molar-refractivity contribution in [3.8, 4) is 12.3 Å². The van der Waals surface area contributed by atoms with Crippen LogP contribution in [-0.4, -0.2) is 77.7 Å². The summed E-state index contributed by atoms with van der Waals surface area (Å²) in [5, 5.41) is 2.88. The first-order valence-corrected chi connectivity index (χ1v) is 14.7. The number of hydrogen-bond donors (Lipinski definition) is 1. The lowest BCUT2D eigenvalue weighted by atomic mass is 10.0. The fourth-order valence-corrected chi connectivity index (χ4v) is 5.54. The number of benzene rings is 2. The summed E-state index contributed by atoms with van der Waals surface area (Å²) in [6.45, 7) is 6.23. The molecule has 10 heteroatoms. The number of fused-ring (bicyclic) bond motifs is 1. The molecule has 2 fully saturated rings. The van der Waals surface area contributed by atoms with Gasteiger partial charge in [0.25, 0.3) is 0 Å². The minimum atomic E-state index is -0.981. The van der Waals surface area contributed by atoms with Gasteiger partial charge in [0, 0.05) is 12.5 Å². The van der Waals surface area contributed by atoms with Crippen LogP contribution in [0.4, 0.5) is 9.18 Å². The second kappa shape index (κ2) is 15.0. The molecule has 2 aliphatic rings. The highest BCUT2D eigenvalue weighted by Gasteiger charge is 2.54. The first-order chi connectivity index (χ1) is 20.7. The topological polar surface area (TPSA) is 97.4 Å². The predicted molar refractivity (Wildman–Crippen MR) is 158 cm³/mol. The number of amides is 3. The Morgan fingerprint density at radius 3 is 2.42 bits per heavy atom. The van der Waals surface area contributed by atoms with Gasteiger partial charge in [-0.15, -0.1) is 6.42 Å². The number of nitrogens with one attached hydrogen (secondary N) is 1. The van der Waals surface area contributed by atoms with Crippen LogP contribution in [0, 0.1) is 24.1 Å². The number of ether oxygens (including phenoxy) is 3. The predicted octanol–water partition coefficient (Wildman–Crippen LogP) is 3.90. The Labute approximate surface area is 252 Å². The summed E-state index contributed by atoms with van der Waals surface area (Å²) in [6, 6.07) is 13.6. The standard InChI is InChI=1S/C33H40FN3O6/c1-5-18-41-23(4)29(35-31(38)22(3)6-2)32(39)36-17-16-27-30(36)28(42-20-25-12-14-26(34)15-13-25)19-37(27)33(40)43-21-24-10-8-7-9-11-24/h1,7-15,22-23,27-30H,6,16-21H2,2-4H3,(H,35,38)/t22-,23-,27-,28+,29+,30+/m1/s1. The second-order valence-corrected chi connectivity index (χ2v) is 11.1. The van der Waals surface area contributed by atoms with Crippen molar-refractivity contribution in [3.05, 3.63) is 71.5 Å². The number of carbonyl (C=O) groups is 3. The Kier molecular flexibility index (Phi) is 11.1. The summed E-state index contributed by atoms with van der Waals surface area (Å²) in [5.74, 6) is 1.18. The van der Waals surface area contributed by atoms with E-state index in [-0.39, 0.29) is 56.0 Å². The van der Waals surface area contributed by atoms with Crippen LogP contribution in [0.3, 0.4) is 0 Å². The highest BCUT2D eigenvalue weighted by Crippen LogP contribution is 2.35. The van der Waals surface area contributed by atoms with Crippen molar-refractivity contribution in [1.82, 2.24) is 15.1 Å². The van der Waals surface area contributed by atoms with Gasteiger partial charge >= 0.3 is 6.09 Å². The Hall–Kier alpha value is -3.94. The van der Waals surface area contributed by atoms with Gasteiger partial charge in [0.05, 0.1) is 37.4 Å². The van der Waals surface area contributed by atoms with Crippen molar-refractivity contribution in [3.63, 3.8) is 0 Å². The molecular weight excluding hydrogens is 553 g/mol. The minimum absolute atomic E-state index is 0.0133. The molecular formula is C33H40FN3O6. The van der Waals surface area contributed by atoms with E-state index in [1.807, 2.05) is 37.3 Å². The highest BCUT2D eigenvalue weighted by atomic mass is 19.1. The molecule has 2 aromatic rings. The second-order valence-electron chi connectivity index (χ2n) is 11.1. The summed E-state index contributed by atoms with van der Waals surface area (Å²) >= 11 is 0. The molecule has 0 bridgehead atoms. The van der Waals surface area contributed by atoms with Crippen LogP contribution in [-0.2, 0) is 37.0 Å². The van der Waals surface area contributed by atoms with Gasteiger partial charge in [-0.25, -0.2) is 9.18 Å². The Bertz CT molecular complexity index is 1280. The first-order valence-electron chi connectivity index (χ1n) is 14.7. The van der Waals surface area contributed by atoms with Crippen molar-refractivity contribution in [2.75, 3.05) is 19.7 Å². The third kappa shape index (κ3) is 7.92. The van der Waals surface area contributed by atoms with Gasteiger partial charge in [0.15, 0.2) is 0 Å². The van der Waals surface area contributed by atoms with Gasteiger partial charge in [-0.1, -0.05) is 62.2 Å². The van der Waals surface area contributed by atoms with Crippen LogP contribution in [0.15, 0.2) is 54.6 Å². The summed E-state index contributed by atoms with van der Waals surface area (Å²) in [5.41, 5.74) is 1.62. The zero-order valence-corrected chi connectivity index (χ0v) is 24.9. The number of hydrogen-bond acceptors (Lipinski definition) is 6. The van der Waals surface area contributed by atoms with Gasteiger partial charge in [-0.3, -0.25) is 9.59 Å². The Morgan fingerprint density at radius 1 is 1.05 bits per heavy atom. The molecule has 0 unspecified atom stereocenters. The molecule has 2 aliphatic heterocycles. The highest BCUT2D eigenvalue weighted by molar-refractivity contribution is 5.89. The van der Waals surface area contributed by atoms with E-state index in [4.69, 9.17) is 20.6 Å². The van der Waals surface area contributed by atoms with Crippen LogP contribution in [0.2, 0.25) is 0 Å². The normalized spacial score (nSPS) is 21.4. The molecule has 2 heterocycles. The Morgan fingerprint density at radius 2 is 1.74 bits per heavy atom. The number of likely N-dealkylation sites (tertiary alicyclic amines) is 2. The zero-order chi connectivity index (χ0) is 30.9.